The SMILES string of the molecule is CC/C=C\C/C=C\C/C=C\C/C=C\C/C=C\C/C=C\CCC(=O)O[C@H](COC(=O)CCCCCCCCC/C=C\CCCCCC)COP(=O)(O)OC[C@@H](O)COP(=O)(O)OC[C@@H](COC(=O)CCCCCCCCC/C=C\CCCCCC)OC(=O)CCCCCCCCCCCCCCC. The van der Waals surface area contributed by atoms with Crippen LogP contribution >= 0.6 is 15.6 Å². The molecule has 0 aromatic rings. The monoisotopic (exact) mass is 1480 g/mol. The maximum absolute atomic E-state index is 13.1. The number of unbranched alkanes of at least 4 members (excludes halogenated alkanes) is 34. The van der Waals surface area contributed by atoms with Crippen LogP contribution in [0.4, 0.5) is 0 Å². The number of phosphoric acid groups is 2. The summed E-state index contributed by atoms with van der Waals surface area (Å²) < 4.78 is 68.5. The second-order valence-electron chi connectivity index (χ2n) is 27.0. The number of ether oxygens (including phenoxy) is 4. The molecule has 0 saturated carbocycles. The molecule has 3 N–H and O–H groups in total. The van der Waals surface area contributed by atoms with Gasteiger partial charge in [-0.2, -0.15) is 0 Å². The zero-order chi connectivity index (χ0) is 74.6. The fourth-order valence-corrected chi connectivity index (χ4v) is 12.5. The third-order valence-electron chi connectivity index (χ3n) is 17.0. The number of aliphatic hydroxyl groups excluding tert-OH is 1. The largest absolute Gasteiger partial charge is 0.472 e. The number of carbonyl (C=O) groups excluding carboxylic acids is 4. The molecular formula is C83H146O17P2. The van der Waals surface area contributed by atoms with Crippen molar-refractivity contribution in [3.63, 3.8) is 0 Å². The van der Waals surface area contributed by atoms with Gasteiger partial charge in [0.1, 0.15) is 19.3 Å². The van der Waals surface area contributed by atoms with Crippen LogP contribution in [0.1, 0.15) is 349 Å². The lowest BCUT2D eigenvalue weighted by molar-refractivity contribution is -0.161. The standard InChI is InChI=1S/C83H146O17P2/c1-5-9-13-17-21-25-29-33-36-37-38-39-42-46-50-54-58-62-66-70-83(88)100-79(74-94-81(86)68-64-60-56-52-48-45-41-35-31-27-23-19-15-11-7-3)76-98-102(91,92)96-72-77(84)71-95-101(89,90)97-75-78(99-82(87)69-65-61-57-53-49-43-32-28-24-20-16-12-8-4)73-93-80(85)67-63-59-55-51-47-44-40-34-30-26-22-18-14-10-6-2/h9,13,21,25-27,30-31,33,36,38-39,46,50,58,62,77-79,84H,5-8,10-12,14-20,22-24,28-29,32,34-35,37,40-45,47-49,51-57,59-61,63-76H2,1-4H3,(H,89,90)(H,91,92)/b13-9-,25-21-,30-26-,31-27-,36-33-,39-38-,50-46-,62-58-/t77-,78+,79+/m0/s1. The summed E-state index contributed by atoms with van der Waals surface area (Å²) in [6, 6.07) is 0. The lowest BCUT2D eigenvalue weighted by Crippen LogP contribution is -2.30. The summed E-state index contributed by atoms with van der Waals surface area (Å²) in [5.74, 6) is -2.26. The summed E-state index contributed by atoms with van der Waals surface area (Å²) in [5.41, 5.74) is 0. The van der Waals surface area contributed by atoms with E-state index < -0.39 is 97.5 Å². The van der Waals surface area contributed by atoms with Gasteiger partial charge in [-0.3, -0.25) is 37.3 Å². The first-order chi connectivity index (χ1) is 49.7. The number of hydrogen-bond acceptors (Lipinski definition) is 15. The summed E-state index contributed by atoms with van der Waals surface area (Å²) >= 11 is 0. The van der Waals surface area contributed by atoms with Crippen LogP contribution in [0.2, 0.25) is 0 Å². The van der Waals surface area contributed by atoms with Gasteiger partial charge in [-0.25, -0.2) is 9.13 Å². The molecule has 0 radical (unpaired) electrons. The topological polar surface area (TPSA) is 237 Å². The van der Waals surface area contributed by atoms with Crippen LogP contribution in [0.25, 0.3) is 0 Å². The van der Waals surface area contributed by atoms with E-state index in [-0.39, 0.29) is 25.7 Å². The third-order valence-corrected chi connectivity index (χ3v) is 18.9. The number of rotatable bonds is 76. The van der Waals surface area contributed by atoms with Crippen LogP contribution in [0, 0.1) is 0 Å². The predicted molar refractivity (Wildman–Crippen MR) is 418 cm³/mol. The Bertz CT molecular complexity index is 2310. The van der Waals surface area contributed by atoms with Gasteiger partial charge >= 0.3 is 39.5 Å². The molecule has 2 unspecified atom stereocenters. The van der Waals surface area contributed by atoms with E-state index >= 15 is 0 Å². The highest BCUT2D eigenvalue weighted by Gasteiger charge is 2.30. The first-order valence-corrected chi connectivity index (χ1v) is 43.5. The van der Waals surface area contributed by atoms with E-state index in [0.29, 0.717) is 32.1 Å². The van der Waals surface area contributed by atoms with E-state index in [2.05, 4.69) is 107 Å². The van der Waals surface area contributed by atoms with Crippen LogP contribution in [0.3, 0.4) is 0 Å². The molecule has 5 atom stereocenters. The molecule has 0 rings (SSSR count). The minimum absolute atomic E-state index is 0.0302. The van der Waals surface area contributed by atoms with E-state index in [1.54, 1.807) is 0 Å². The molecule has 0 aliphatic heterocycles. The fraction of sp³-hybridized carbons (Fsp3) is 0.759. The second-order valence-corrected chi connectivity index (χ2v) is 29.9. The number of carbonyl (C=O) groups is 4. The van der Waals surface area contributed by atoms with E-state index in [4.69, 9.17) is 37.0 Å². The molecule has 0 heterocycles. The highest BCUT2D eigenvalue weighted by molar-refractivity contribution is 7.47. The van der Waals surface area contributed by atoms with Crippen molar-refractivity contribution in [2.24, 2.45) is 0 Å². The molecule has 0 aromatic heterocycles. The Morgan fingerprint density at radius 1 is 0.284 bits per heavy atom. The van der Waals surface area contributed by atoms with Gasteiger partial charge in [0.05, 0.1) is 26.4 Å². The summed E-state index contributed by atoms with van der Waals surface area (Å²) in [4.78, 5) is 73.0. The number of allylic oxidation sites excluding steroid dienone is 16. The summed E-state index contributed by atoms with van der Waals surface area (Å²) in [5, 5.41) is 10.6. The number of esters is 4. The summed E-state index contributed by atoms with van der Waals surface area (Å²) in [7, 11) is -9.97. The number of phosphoric ester groups is 2. The van der Waals surface area contributed by atoms with Gasteiger partial charge in [-0.1, -0.05) is 305 Å². The van der Waals surface area contributed by atoms with Gasteiger partial charge < -0.3 is 33.8 Å². The summed E-state index contributed by atoms with van der Waals surface area (Å²) in [6.07, 6.45) is 79.7. The van der Waals surface area contributed by atoms with Crippen molar-refractivity contribution < 1.29 is 80.2 Å². The maximum Gasteiger partial charge on any atom is 0.472 e. The Balaban J connectivity index is 5.41. The van der Waals surface area contributed by atoms with Crippen LogP contribution in [-0.4, -0.2) is 96.7 Å². The number of hydrogen-bond donors (Lipinski definition) is 3. The molecule has 0 spiro atoms. The molecule has 17 nitrogen and oxygen atoms in total. The Kier molecular flexibility index (Phi) is 72.3. The molecule has 0 bridgehead atoms. The minimum Gasteiger partial charge on any atom is -0.462 e. The van der Waals surface area contributed by atoms with Crippen molar-refractivity contribution in [1.82, 2.24) is 0 Å². The van der Waals surface area contributed by atoms with Crippen LogP contribution < -0.4 is 0 Å². The van der Waals surface area contributed by atoms with Crippen molar-refractivity contribution in [2.75, 3.05) is 39.6 Å². The van der Waals surface area contributed by atoms with Crippen molar-refractivity contribution in [2.45, 2.75) is 367 Å². The highest BCUT2D eigenvalue weighted by atomic mass is 31.2. The maximum atomic E-state index is 13.1. The lowest BCUT2D eigenvalue weighted by atomic mass is 10.0. The summed E-state index contributed by atoms with van der Waals surface area (Å²) in [6.45, 7) is 4.69. The van der Waals surface area contributed by atoms with Gasteiger partial charge in [0.2, 0.25) is 0 Å². The first-order valence-electron chi connectivity index (χ1n) is 40.5. The molecular weight excluding hydrogens is 1330 g/mol. The first kappa shape index (κ1) is 98.0. The van der Waals surface area contributed by atoms with Gasteiger partial charge in [0.25, 0.3) is 0 Å². The average Bonchev–Trinajstić information content (AvgIpc) is 0.908. The molecule has 0 aliphatic carbocycles. The van der Waals surface area contributed by atoms with Crippen LogP contribution in [0.15, 0.2) is 97.2 Å². The minimum atomic E-state index is -5.00. The lowest BCUT2D eigenvalue weighted by Gasteiger charge is -2.21. The van der Waals surface area contributed by atoms with E-state index in [9.17, 15) is 43.2 Å². The zero-order valence-corrected chi connectivity index (χ0v) is 66.3. The van der Waals surface area contributed by atoms with Crippen LogP contribution in [-0.2, 0) is 65.4 Å². The zero-order valence-electron chi connectivity index (χ0n) is 64.5. The fourth-order valence-electron chi connectivity index (χ4n) is 10.9. The Morgan fingerprint density at radius 2 is 0.529 bits per heavy atom. The van der Waals surface area contributed by atoms with Gasteiger partial charge in [0, 0.05) is 25.7 Å². The smallest absolute Gasteiger partial charge is 0.462 e. The van der Waals surface area contributed by atoms with Gasteiger partial charge in [0.15, 0.2) is 12.2 Å². The van der Waals surface area contributed by atoms with E-state index in [1.165, 1.54) is 128 Å². The van der Waals surface area contributed by atoms with Crippen molar-refractivity contribution in [3.8, 4) is 0 Å². The molecule has 0 saturated heterocycles. The molecule has 102 heavy (non-hydrogen) atoms. The Labute approximate surface area is 620 Å². The van der Waals surface area contributed by atoms with E-state index in [0.717, 1.165) is 135 Å². The quantitative estimate of drug-likeness (QED) is 0.0169. The molecule has 590 valence electrons. The second kappa shape index (κ2) is 75.2. The van der Waals surface area contributed by atoms with Gasteiger partial charge in [-0.05, 0) is 116 Å². The Morgan fingerprint density at radius 3 is 0.853 bits per heavy atom. The number of aliphatic hydroxyl groups is 1. The highest BCUT2D eigenvalue weighted by Crippen LogP contribution is 2.45. The van der Waals surface area contributed by atoms with Gasteiger partial charge in [-0.15, -0.1) is 0 Å². The molecule has 0 fully saturated rings. The predicted octanol–water partition coefficient (Wildman–Crippen LogP) is 23.6. The normalized spacial score (nSPS) is 14.4. The molecule has 19 heteroatoms. The third kappa shape index (κ3) is 74.3. The van der Waals surface area contributed by atoms with Crippen LogP contribution in [0.5, 0.6) is 0 Å². The molecule has 0 amide bonds. The molecule has 0 aromatic carbocycles. The van der Waals surface area contributed by atoms with Crippen molar-refractivity contribution in [1.29, 1.82) is 0 Å². The van der Waals surface area contributed by atoms with Crippen molar-refractivity contribution in [3.05, 3.63) is 97.2 Å². The average molecular weight is 1480 g/mol. The molecule has 0 aliphatic rings. The Hall–Kier alpha value is -4.02. The van der Waals surface area contributed by atoms with E-state index in [1.807, 2.05) is 18.2 Å². The van der Waals surface area contributed by atoms with Crippen molar-refractivity contribution >= 4 is 39.5 Å².